The Hall–Kier alpha value is -0.870. The highest BCUT2D eigenvalue weighted by atomic mass is 32.1. The van der Waals surface area contributed by atoms with E-state index in [1.807, 2.05) is 19.9 Å². The summed E-state index contributed by atoms with van der Waals surface area (Å²) < 4.78 is 5.17. The third kappa shape index (κ3) is 5.33. The number of carbonyl (C=O) groups is 1. The van der Waals surface area contributed by atoms with Gasteiger partial charge in [-0.3, -0.25) is 9.69 Å². The van der Waals surface area contributed by atoms with Crippen molar-refractivity contribution in [3.05, 3.63) is 22.4 Å². The fraction of sp³-hybridized carbons (Fsp3) is 0.615. The summed E-state index contributed by atoms with van der Waals surface area (Å²) in [5.74, 6) is -0.148. The molecule has 0 saturated carbocycles. The lowest BCUT2D eigenvalue weighted by Gasteiger charge is -2.25. The number of hydrogen-bond donors (Lipinski definition) is 0. The quantitative estimate of drug-likeness (QED) is 0.732. The number of rotatable bonds is 6. The summed E-state index contributed by atoms with van der Waals surface area (Å²) in [5.41, 5.74) is 0. The molecule has 0 atom stereocenters. The summed E-state index contributed by atoms with van der Waals surface area (Å²) in [6.07, 6.45) is -0.0433. The minimum atomic E-state index is -0.148. The number of esters is 1. The van der Waals surface area contributed by atoms with Crippen LogP contribution in [0.25, 0.3) is 0 Å². The standard InChI is InChI=1S/C13H21NO2S/c1-10(2)14(8-12-6-5-7-17-12)9-13(15)16-11(3)4/h5-7,10-11H,8-9H2,1-4H3. The van der Waals surface area contributed by atoms with Gasteiger partial charge in [0.15, 0.2) is 0 Å². The molecule has 0 aromatic carbocycles. The van der Waals surface area contributed by atoms with Gasteiger partial charge in [-0.25, -0.2) is 0 Å². The second kappa shape index (κ2) is 6.77. The molecule has 3 nitrogen and oxygen atoms in total. The van der Waals surface area contributed by atoms with Crippen LogP contribution in [0.2, 0.25) is 0 Å². The Bertz CT molecular complexity index is 333. The van der Waals surface area contributed by atoms with Crippen molar-refractivity contribution in [2.75, 3.05) is 6.54 Å². The average Bonchev–Trinajstić information content (AvgIpc) is 2.67. The van der Waals surface area contributed by atoms with Gasteiger partial charge >= 0.3 is 5.97 Å². The molecule has 0 unspecified atom stereocenters. The molecule has 0 N–H and O–H groups in total. The van der Waals surface area contributed by atoms with Crippen molar-refractivity contribution < 1.29 is 9.53 Å². The molecule has 0 aliphatic rings. The minimum absolute atomic E-state index is 0.0433. The van der Waals surface area contributed by atoms with Gasteiger partial charge in [-0.2, -0.15) is 0 Å². The van der Waals surface area contributed by atoms with E-state index in [1.165, 1.54) is 4.88 Å². The molecular weight excluding hydrogens is 234 g/mol. The molecule has 0 aliphatic heterocycles. The Balaban J connectivity index is 2.52. The Morgan fingerprint density at radius 3 is 2.59 bits per heavy atom. The van der Waals surface area contributed by atoms with E-state index in [4.69, 9.17) is 4.74 Å². The van der Waals surface area contributed by atoms with Crippen molar-refractivity contribution in [3.63, 3.8) is 0 Å². The molecule has 0 saturated heterocycles. The van der Waals surface area contributed by atoms with E-state index in [1.54, 1.807) is 11.3 Å². The molecule has 4 heteroatoms. The topological polar surface area (TPSA) is 29.5 Å². The van der Waals surface area contributed by atoms with Gasteiger partial charge < -0.3 is 4.74 Å². The van der Waals surface area contributed by atoms with E-state index in [2.05, 4.69) is 30.2 Å². The summed E-state index contributed by atoms with van der Waals surface area (Å²) in [4.78, 5) is 15.0. The van der Waals surface area contributed by atoms with Crippen LogP contribution < -0.4 is 0 Å². The Morgan fingerprint density at radius 1 is 1.41 bits per heavy atom. The summed E-state index contributed by atoms with van der Waals surface area (Å²) in [6, 6.07) is 4.45. The van der Waals surface area contributed by atoms with E-state index < -0.39 is 0 Å². The van der Waals surface area contributed by atoms with Gasteiger partial charge in [-0.15, -0.1) is 11.3 Å². The molecule has 0 radical (unpaired) electrons. The van der Waals surface area contributed by atoms with Crippen molar-refractivity contribution in [1.82, 2.24) is 4.90 Å². The predicted octanol–water partition coefficient (Wildman–Crippen LogP) is 2.91. The van der Waals surface area contributed by atoms with Crippen LogP contribution in [0, 0.1) is 0 Å². The normalized spacial score (nSPS) is 11.5. The van der Waals surface area contributed by atoms with Crippen LogP contribution in [0.15, 0.2) is 17.5 Å². The van der Waals surface area contributed by atoms with E-state index in [0.29, 0.717) is 12.6 Å². The molecule has 0 bridgehead atoms. The van der Waals surface area contributed by atoms with Gasteiger partial charge in [0.05, 0.1) is 12.6 Å². The van der Waals surface area contributed by atoms with E-state index in [-0.39, 0.29) is 12.1 Å². The molecule has 0 fully saturated rings. The lowest BCUT2D eigenvalue weighted by Crippen LogP contribution is -2.36. The van der Waals surface area contributed by atoms with Gasteiger partial charge in [0.1, 0.15) is 0 Å². The maximum Gasteiger partial charge on any atom is 0.320 e. The zero-order valence-corrected chi connectivity index (χ0v) is 11.8. The molecule has 0 spiro atoms. The first-order valence-electron chi connectivity index (χ1n) is 5.95. The number of hydrogen-bond acceptors (Lipinski definition) is 4. The molecule has 1 aromatic rings. The molecule has 1 heterocycles. The Labute approximate surface area is 107 Å². The van der Waals surface area contributed by atoms with Crippen molar-refractivity contribution in [2.24, 2.45) is 0 Å². The number of carbonyl (C=O) groups excluding carboxylic acids is 1. The van der Waals surface area contributed by atoms with Crippen molar-refractivity contribution in [3.8, 4) is 0 Å². The summed E-state index contributed by atoms with van der Waals surface area (Å²) in [5, 5.41) is 2.06. The molecule has 17 heavy (non-hydrogen) atoms. The third-order valence-electron chi connectivity index (χ3n) is 2.37. The summed E-state index contributed by atoms with van der Waals surface area (Å²) >= 11 is 1.72. The average molecular weight is 255 g/mol. The largest absolute Gasteiger partial charge is 0.462 e. The maximum absolute atomic E-state index is 11.6. The van der Waals surface area contributed by atoms with Gasteiger partial charge in [-0.1, -0.05) is 6.07 Å². The minimum Gasteiger partial charge on any atom is -0.462 e. The fourth-order valence-electron chi connectivity index (χ4n) is 1.49. The summed E-state index contributed by atoms with van der Waals surface area (Å²) in [7, 11) is 0. The van der Waals surface area contributed by atoms with Crippen LogP contribution in [-0.4, -0.2) is 29.6 Å². The third-order valence-corrected chi connectivity index (χ3v) is 3.23. The van der Waals surface area contributed by atoms with E-state index >= 15 is 0 Å². The first-order valence-corrected chi connectivity index (χ1v) is 6.83. The highest BCUT2D eigenvalue weighted by molar-refractivity contribution is 7.09. The van der Waals surface area contributed by atoms with Crippen molar-refractivity contribution in [1.29, 1.82) is 0 Å². The molecule has 0 aliphatic carbocycles. The lowest BCUT2D eigenvalue weighted by molar-refractivity contribution is -0.149. The fourth-order valence-corrected chi connectivity index (χ4v) is 2.22. The zero-order chi connectivity index (χ0) is 12.8. The molecule has 0 amide bonds. The molecule has 96 valence electrons. The number of thiophene rings is 1. The number of ether oxygens (including phenoxy) is 1. The van der Waals surface area contributed by atoms with Crippen LogP contribution in [0.1, 0.15) is 32.6 Å². The van der Waals surface area contributed by atoms with Crippen molar-refractivity contribution in [2.45, 2.75) is 46.4 Å². The van der Waals surface area contributed by atoms with Crippen LogP contribution in [-0.2, 0) is 16.1 Å². The maximum atomic E-state index is 11.6. The van der Waals surface area contributed by atoms with Gasteiger partial charge in [0, 0.05) is 17.5 Å². The van der Waals surface area contributed by atoms with Gasteiger partial charge in [0.2, 0.25) is 0 Å². The first-order chi connectivity index (χ1) is 7.99. The Morgan fingerprint density at radius 2 is 2.12 bits per heavy atom. The first kappa shape index (κ1) is 14.2. The van der Waals surface area contributed by atoms with Crippen LogP contribution in [0.4, 0.5) is 0 Å². The summed E-state index contributed by atoms with van der Waals surface area (Å²) in [6.45, 7) is 9.09. The zero-order valence-electron chi connectivity index (χ0n) is 11.0. The Kier molecular flexibility index (Phi) is 5.65. The predicted molar refractivity (Wildman–Crippen MR) is 71.1 cm³/mol. The van der Waals surface area contributed by atoms with Crippen LogP contribution in [0.3, 0.4) is 0 Å². The van der Waals surface area contributed by atoms with Gasteiger partial charge in [-0.05, 0) is 39.1 Å². The SMILES string of the molecule is CC(C)OC(=O)CN(Cc1cccs1)C(C)C. The molecule has 1 aromatic heterocycles. The van der Waals surface area contributed by atoms with E-state index in [9.17, 15) is 4.79 Å². The number of nitrogens with zero attached hydrogens (tertiary/aromatic N) is 1. The van der Waals surface area contributed by atoms with Crippen LogP contribution in [0.5, 0.6) is 0 Å². The van der Waals surface area contributed by atoms with Gasteiger partial charge in [0.25, 0.3) is 0 Å². The molecule has 1 rings (SSSR count). The second-order valence-corrected chi connectivity index (χ2v) is 5.65. The van der Waals surface area contributed by atoms with E-state index in [0.717, 1.165) is 6.54 Å². The highest BCUT2D eigenvalue weighted by Gasteiger charge is 2.16. The lowest BCUT2D eigenvalue weighted by atomic mass is 10.3. The monoisotopic (exact) mass is 255 g/mol. The molecular formula is C13H21NO2S. The second-order valence-electron chi connectivity index (χ2n) is 4.62. The highest BCUT2D eigenvalue weighted by Crippen LogP contribution is 2.13. The van der Waals surface area contributed by atoms with Crippen molar-refractivity contribution >= 4 is 17.3 Å². The van der Waals surface area contributed by atoms with Crippen LogP contribution >= 0.6 is 11.3 Å². The smallest absolute Gasteiger partial charge is 0.320 e.